The Bertz CT molecular complexity index is 1100. The van der Waals surface area contributed by atoms with Gasteiger partial charge in [-0.05, 0) is 84.4 Å². The van der Waals surface area contributed by atoms with E-state index in [2.05, 4.69) is 40.7 Å². The quantitative estimate of drug-likeness (QED) is 0.502. The maximum atomic E-state index is 14.4. The third-order valence-corrected chi connectivity index (χ3v) is 13.4. The van der Waals surface area contributed by atoms with E-state index in [4.69, 9.17) is 0 Å². The monoisotopic (exact) mass is 509 g/mol. The largest absolute Gasteiger partial charge is 0.394 e. The van der Waals surface area contributed by atoms with Crippen molar-refractivity contribution in [2.75, 3.05) is 6.61 Å². The lowest BCUT2D eigenvalue weighted by Gasteiger charge is -2.72. The number of fused-ring (bicyclic) bond motifs is 7. The van der Waals surface area contributed by atoms with E-state index in [0.717, 1.165) is 44.9 Å². The molecule has 5 aliphatic carbocycles. The minimum atomic E-state index is -0.795. The number of Topliss-reactive ketones (excluding diaryl/α,β-unsaturated/α-hetero) is 2. The van der Waals surface area contributed by atoms with Crippen molar-refractivity contribution < 1.29 is 19.8 Å². The van der Waals surface area contributed by atoms with Crippen LogP contribution in [-0.4, -0.2) is 34.5 Å². The fourth-order valence-electron chi connectivity index (χ4n) is 11.1. The molecule has 0 heterocycles. The Morgan fingerprint density at radius 3 is 2.24 bits per heavy atom. The molecule has 4 saturated carbocycles. The van der Waals surface area contributed by atoms with Gasteiger partial charge in [-0.1, -0.05) is 54.5 Å². The molecule has 4 unspecified atom stereocenters. The third kappa shape index (κ3) is 3.27. The Morgan fingerprint density at radius 1 is 0.973 bits per heavy atom. The lowest BCUT2D eigenvalue weighted by Crippen LogP contribution is -2.69. The molecular weight excluding hydrogens is 462 g/mol. The Balaban J connectivity index is 1.64. The van der Waals surface area contributed by atoms with Crippen molar-refractivity contribution in [3.63, 3.8) is 0 Å². The summed E-state index contributed by atoms with van der Waals surface area (Å²) in [6.45, 7) is 15.3. The van der Waals surface area contributed by atoms with Crippen LogP contribution >= 0.6 is 0 Å². The number of aliphatic hydroxyl groups excluding tert-OH is 2. The van der Waals surface area contributed by atoms with Gasteiger partial charge in [0.1, 0.15) is 11.9 Å². The van der Waals surface area contributed by atoms with Crippen molar-refractivity contribution in [3.05, 3.63) is 11.6 Å². The molecule has 5 rings (SSSR count). The van der Waals surface area contributed by atoms with Gasteiger partial charge in [0.05, 0.1) is 18.3 Å². The van der Waals surface area contributed by atoms with Gasteiger partial charge in [-0.15, -0.1) is 0 Å². The molecule has 4 fully saturated rings. The van der Waals surface area contributed by atoms with Crippen LogP contribution in [0.1, 0.15) is 99.8 Å². The molecule has 0 aromatic rings. The zero-order chi connectivity index (χ0) is 27.4. The maximum Gasteiger partial charge on any atom is 0.178 e. The first-order chi connectivity index (χ1) is 17.0. The van der Waals surface area contributed by atoms with Crippen LogP contribution in [0.4, 0.5) is 0 Å². The first kappa shape index (κ1) is 27.1. The van der Waals surface area contributed by atoms with E-state index in [1.54, 1.807) is 0 Å². The van der Waals surface area contributed by atoms with Crippen LogP contribution < -0.4 is 0 Å². The standard InChI is InChI=1S/C32H47NO4/c1-27(2)10-12-32(24(36)18-34)13-11-31(7)25(20(32)16-27)21(35)14-23-29(5)15-19(17-33)26(37)28(3,4)22(29)8-9-30(23,31)6/h15,20,22-25,34,36H,8-14,16,18H2,1-7H3/t20?,22?,23-,24?,25?,29+,30-,31-,32+/m1/s1. The highest BCUT2D eigenvalue weighted by atomic mass is 16.3. The number of hydrogen-bond acceptors (Lipinski definition) is 5. The van der Waals surface area contributed by atoms with E-state index in [-0.39, 0.29) is 57.9 Å². The number of nitriles is 1. The summed E-state index contributed by atoms with van der Waals surface area (Å²) in [6, 6.07) is 2.20. The van der Waals surface area contributed by atoms with Crippen LogP contribution in [0.15, 0.2) is 11.6 Å². The minimum absolute atomic E-state index is 0.0579. The number of carbonyl (C=O) groups is 2. The van der Waals surface area contributed by atoms with Crippen LogP contribution in [0, 0.1) is 67.5 Å². The zero-order valence-corrected chi connectivity index (χ0v) is 24.0. The van der Waals surface area contributed by atoms with Gasteiger partial charge in [-0.2, -0.15) is 5.26 Å². The van der Waals surface area contributed by atoms with Gasteiger partial charge in [0.2, 0.25) is 0 Å². The summed E-state index contributed by atoms with van der Waals surface area (Å²) in [5.74, 6) is 0.324. The second-order valence-corrected chi connectivity index (χ2v) is 15.6. The van der Waals surface area contributed by atoms with Crippen molar-refractivity contribution >= 4 is 11.6 Å². The van der Waals surface area contributed by atoms with Gasteiger partial charge in [0.15, 0.2) is 5.78 Å². The van der Waals surface area contributed by atoms with Crippen LogP contribution in [0.25, 0.3) is 0 Å². The minimum Gasteiger partial charge on any atom is -0.394 e. The summed E-state index contributed by atoms with van der Waals surface area (Å²) in [7, 11) is 0. The summed E-state index contributed by atoms with van der Waals surface area (Å²) in [5, 5.41) is 31.2. The highest BCUT2D eigenvalue weighted by Crippen LogP contribution is 2.76. The smallest absolute Gasteiger partial charge is 0.178 e. The molecule has 2 N–H and O–H groups in total. The molecule has 0 amide bonds. The molecule has 9 atom stereocenters. The highest BCUT2D eigenvalue weighted by Gasteiger charge is 2.72. The number of aliphatic hydroxyl groups is 2. The molecule has 0 bridgehead atoms. The van der Waals surface area contributed by atoms with Crippen molar-refractivity contribution in [2.24, 2.45) is 56.2 Å². The number of nitrogens with zero attached hydrogens (tertiary/aromatic N) is 1. The topological polar surface area (TPSA) is 98.4 Å². The lowest BCUT2D eigenvalue weighted by molar-refractivity contribution is -0.236. The molecule has 37 heavy (non-hydrogen) atoms. The van der Waals surface area contributed by atoms with Gasteiger partial charge >= 0.3 is 0 Å². The average molecular weight is 510 g/mol. The number of allylic oxidation sites excluding steroid dienone is 2. The Morgan fingerprint density at radius 2 is 1.62 bits per heavy atom. The molecule has 5 heteroatoms. The van der Waals surface area contributed by atoms with Crippen LogP contribution in [0.3, 0.4) is 0 Å². The van der Waals surface area contributed by atoms with Crippen molar-refractivity contribution in [2.45, 2.75) is 106 Å². The molecule has 204 valence electrons. The van der Waals surface area contributed by atoms with E-state index in [1.165, 1.54) is 0 Å². The normalized spacial score (nSPS) is 48.9. The summed E-state index contributed by atoms with van der Waals surface area (Å²) >= 11 is 0. The van der Waals surface area contributed by atoms with Gasteiger partial charge < -0.3 is 10.2 Å². The number of ketones is 2. The number of carbonyl (C=O) groups excluding carboxylic acids is 2. The van der Waals surface area contributed by atoms with Crippen LogP contribution in [0.2, 0.25) is 0 Å². The average Bonchev–Trinajstić information content (AvgIpc) is 2.82. The predicted molar refractivity (Wildman–Crippen MR) is 142 cm³/mol. The zero-order valence-electron chi connectivity index (χ0n) is 24.0. The first-order valence-corrected chi connectivity index (χ1v) is 14.5. The maximum absolute atomic E-state index is 14.4. The molecule has 5 aliphatic rings. The molecule has 0 radical (unpaired) electrons. The molecular formula is C32H47NO4. The highest BCUT2D eigenvalue weighted by molar-refractivity contribution is 6.04. The molecule has 5 nitrogen and oxygen atoms in total. The summed E-state index contributed by atoms with van der Waals surface area (Å²) in [5.41, 5.74) is -1.42. The molecule has 0 saturated heterocycles. The summed E-state index contributed by atoms with van der Waals surface area (Å²) < 4.78 is 0. The second kappa shape index (κ2) is 8.01. The van der Waals surface area contributed by atoms with Crippen LogP contribution in [0.5, 0.6) is 0 Å². The van der Waals surface area contributed by atoms with E-state index < -0.39 is 22.3 Å². The second-order valence-electron chi connectivity index (χ2n) is 15.6. The van der Waals surface area contributed by atoms with Gasteiger partial charge in [0, 0.05) is 23.2 Å². The van der Waals surface area contributed by atoms with E-state index in [1.807, 2.05) is 19.9 Å². The van der Waals surface area contributed by atoms with Crippen molar-refractivity contribution in [3.8, 4) is 6.07 Å². The predicted octanol–water partition coefficient (Wildman–Crippen LogP) is 5.64. The Kier molecular flexibility index (Phi) is 5.86. The number of rotatable bonds is 2. The fraction of sp³-hybridized carbons (Fsp3) is 0.844. The number of hydrogen-bond donors (Lipinski definition) is 2. The van der Waals surface area contributed by atoms with Crippen LogP contribution in [-0.2, 0) is 9.59 Å². The lowest BCUT2D eigenvalue weighted by atomic mass is 9.31. The summed E-state index contributed by atoms with van der Waals surface area (Å²) in [6.07, 6.45) is 7.96. The first-order valence-electron chi connectivity index (χ1n) is 14.5. The molecule has 0 aromatic carbocycles. The third-order valence-electron chi connectivity index (χ3n) is 13.4. The van der Waals surface area contributed by atoms with E-state index >= 15 is 0 Å². The SMILES string of the molecule is CC1(C)CC[C@]2(C(O)CO)CC[C@]3(C)C(C(=O)C[C@@H]4[C@@]5(C)C=C(C#N)C(=O)C(C)(C)C5CC[C@]43C)C2C1. The van der Waals surface area contributed by atoms with Crippen molar-refractivity contribution in [1.29, 1.82) is 5.26 Å². The van der Waals surface area contributed by atoms with Gasteiger partial charge in [-0.25, -0.2) is 0 Å². The molecule has 0 spiro atoms. The Labute approximate surface area is 223 Å². The van der Waals surface area contributed by atoms with Gasteiger partial charge in [0.25, 0.3) is 0 Å². The van der Waals surface area contributed by atoms with E-state index in [9.17, 15) is 25.1 Å². The van der Waals surface area contributed by atoms with Crippen molar-refractivity contribution in [1.82, 2.24) is 0 Å². The molecule has 0 aromatic heterocycles. The fourth-order valence-corrected chi connectivity index (χ4v) is 11.1. The Hall–Kier alpha value is -1.51. The molecule has 0 aliphatic heterocycles. The van der Waals surface area contributed by atoms with E-state index in [0.29, 0.717) is 12.2 Å². The van der Waals surface area contributed by atoms with Gasteiger partial charge in [-0.3, -0.25) is 9.59 Å². The summed E-state index contributed by atoms with van der Waals surface area (Å²) in [4.78, 5) is 27.7.